The number of aliphatic hydroxyl groups excluding tert-OH is 1. The van der Waals surface area contributed by atoms with Crippen LogP contribution < -0.4 is 0 Å². The van der Waals surface area contributed by atoms with E-state index in [4.69, 9.17) is 8.83 Å². The van der Waals surface area contributed by atoms with Crippen molar-refractivity contribution in [1.82, 2.24) is 4.90 Å². The van der Waals surface area contributed by atoms with Crippen molar-refractivity contribution in [1.29, 1.82) is 0 Å². The Bertz CT molecular complexity index is 631. The van der Waals surface area contributed by atoms with E-state index in [9.17, 15) is 9.90 Å². The topological polar surface area (TPSA) is 66.8 Å². The van der Waals surface area contributed by atoms with E-state index >= 15 is 0 Å². The van der Waals surface area contributed by atoms with E-state index in [1.807, 2.05) is 4.90 Å². The first-order valence-corrected chi connectivity index (χ1v) is 8.23. The Labute approximate surface area is 135 Å². The summed E-state index contributed by atoms with van der Waals surface area (Å²) in [6.07, 6.45) is 7.00. The van der Waals surface area contributed by atoms with Crippen LogP contribution in [0.4, 0.5) is 0 Å². The monoisotopic (exact) mass is 317 g/mol. The molecule has 2 atom stereocenters. The molecule has 5 nitrogen and oxygen atoms in total. The summed E-state index contributed by atoms with van der Waals surface area (Å²) in [5, 5.41) is 10.4. The minimum Gasteiger partial charge on any atom is -0.469 e. The quantitative estimate of drug-likeness (QED) is 0.934. The Morgan fingerprint density at radius 2 is 2.17 bits per heavy atom. The van der Waals surface area contributed by atoms with E-state index in [0.717, 1.165) is 32.2 Å². The number of hydrogen-bond donors (Lipinski definition) is 1. The summed E-state index contributed by atoms with van der Waals surface area (Å²) in [5.74, 6) is 1.19. The largest absolute Gasteiger partial charge is 0.469 e. The van der Waals surface area contributed by atoms with Gasteiger partial charge in [-0.05, 0) is 38.0 Å². The molecular formula is C18H23NO4. The number of aryl methyl sites for hydroxylation is 1. The summed E-state index contributed by atoms with van der Waals surface area (Å²) in [6.45, 7) is 2.52. The summed E-state index contributed by atoms with van der Waals surface area (Å²) < 4.78 is 10.6. The van der Waals surface area contributed by atoms with Crippen LogP contribution in [0, 0.1) is 6.92 Å². The molecule has 1 amide bonds. The highest BCUT2D eigenvalue weighted by atomic mass is 16.4. The van der Waals surface area contributed by atoms with Crippen molar-refractivity contribution in [3.05, 3.63) is 47.8 Å². The van der Waals surface area contributed by atoms with Crippen LogP contribution in [0.15, 0.2) is 39.6 Å². The van der Waals surface area contributed by atoms with E-state index in [2.05, 4.69) is 0 Å². The fourth-order valence-corrected chi connectivity index (χ4v) is 3.31. The Hall–Kier alpha value is -2.01. The summed E-state index contributed by atoms with van der Waals surface area (Å²) in [4.78, 5) is 14.8. The molecule has 124 valence electrons. The molecular weight excluding hydrogens is 294 g/mol. The Kier molecular flexibility index (Phi) is 4.86. The lowest BCUT2D eigenvalue weighted by Crippen LogP contribution is -2.41. The third kappa shape index (κ3) is 3.50. The molecule has 0 saturated carbocycles. The van der Waals surface area contributed by atoms with Crippen molar-refractivity contribution >= 4 is 5.91 Å². The van der Waals surface area contributed by atoms with Gasteiger partial charge in [0.25, 0.3) is 5.91 Å². The summed E-state index contributed by atoms with van der Waals surface area (Å²) in [5.41, 5.74) is 0.615. The number of amides is 1. The van der Waals surface area contributed by atoms with Gasteiger partial charge in [-0.3, -0.25) is 4.79 Å². The van der Waals surface area contributed by atoms with Crippen LogP contribution in [0.1, 0.15) is 60.1 Å². The Balaban J connectivity index is 1.77. The predicted octanol–water partition coefficient (Wildman–Crippen LogP) is 3.69. The van der Waals surface area contributed by atoms with E-state index in [0.29, 0.717) is 23.5 Å². The van der Waals surface area contributed by atoms with Crippen LogP contribution in [0.2, 0.25) is 0 Å². The van der Waals surface area contributed by atoms with Crippen molar-refractivity contribution in [2.75, 3.05) is 6.54 Å². The molecule has 1 aliphatic rings. The molecule has 5 heteroatoms. The van der Waals surface area contributed by atoms with Crippen LogP contribution in [-0.2, 0) is 0 Å². The number of carbonyl (C=O) groups excluding carboxylic acids is 1. The van der Waals surface area contributed by atoms with Gasteiger partial charge in [-0.1, -0.05) is 12.8 Å². The molecule has 2 aromatic rings. The summed E-state index contributed by atoms with van der Waals surface area (Å²) in [7, 11) is 0. The molecule has 0 spiro atoms. The lowest BCUT2D eigenvalue weighted by Gasteiger charge is -2.31. The molecule has 0 bridgehead atoms. The number of nitrogens with zero attached hydrogens (tertiary/aromatic N) is 1. The van der Waals surface area contributed by atoms with Crippen molar-refractivity contribution < 1.29 is 18.7 Å². The number of carbonyl (C=O) groups is 1. The molecule has 1 N–H and O–H groups in total. The molecule has 1 saturated heterocycles. The minimum absolute atomic E-state index is 0.00482. The number of likely N-dealkylation sites (tertiary alicyclic amines) is 1. The zero-order chi connectivity index (χ0) is 16.2. The zero-order valence-electron chi connectivity index (χ0n) is 13.4. The lowest BCUT2D eigenvalue weighted by molar-refractivity contribution is 0.0556. The highest BCUT2D eigenvalue weighted by Crippen LogP contribution is 2.28. The van der Waals surface area contributed by atoms with Crippen molar-refractivity contribution in [3.63, 3.8) is 0 Å². The first-order chi connectivity index (χ1) is 11.2. The van der Waals surface area contributed by atoms with Gasteiger partial charge in [-0.15, -0.1) is 0 Å². The predicted molar refractivity (Wildman–Crippen MR) is 85.0 cm³/mol. The minimum atomic E-state index is -0.686. The fraction of sp³-hybridized carbons (Fsp3) is 0.500. The van der Waals surface area contributed by atoms with Crippen LogP contribution in [0.25, 0.3) is 0 Å². The van der Waals surface area contributed by atoms with Gasteiger partial charge in [0.2, 0.25) is 0 Å². The maximum absolute atomic E-state index is 12.9. The van der Waals surface area contributed by atoms with Gasteiger partial charge >= 0.3 is 0 Å². The standard InChI is InChI=1S/C18H23NO4/c1-13-15(8-11-22-13)18(21)19-9-4-2-3-6-14(19)12-16(20)17-7-5-10-23-17/h5,7-8,10-11,14,16,20H,2-4,6,9,12H2,1H3. The number of rotatable bonds is 4. The molecule has 0 aliphatic carbocycles. The van der Waals surface area contributed by atoms with Crippen LogP contribution in [0.3, 0.4) is 0 Å². The highest BCUT2D eigenvalue weighted by molar-refractivity contribution is 5.95. The number of hydrogen-bond acceptors (Lipinski definition) is 4. The van der Waals surface area contributed by atoms with Crippen molar-refractivity contribution in [2.24, 2.45) is 0 Å². The second-order valence-electron chi connectivity index (χ2n) is 6.16. The maximum atomic E-state index is 12.9. The molecule has 1 fully saturated rings. The molecule has 2 unspecified atom stereocenters. The third-order valence-electron chi connectivity index (χ3n) is 4.59. The highest BCUT2D eigenvalue weighted by Gasteiger charge is 2.30. The molecule has 0 aromatic carbocycles. The van der Waals surface area contributed by atoms with Crippen molar-refractivity contribution in [2.45, 2.75) is 51.2 Å². The zero-order valence-corrected chi connectivity index (χ0v) is 13.4. The first-order valence-electron chi connectivity index (χ1n) is 8.23. The molecule has 2 aromatic heterocycles. The van der Waals surface area contributed by atoms with Gasteiger partial charge < -0.3 is 18.8 Å². The van der Waals surface area contributed by atoms with E-state index in [1.54, 1.807) is 37.6 Å². The molecule has 23 heavy (non-hydrogen) atoms. The van der Waals surface area contributed by atoms with Crippen LogP contribution in [0.5, 0.6) is 0 Å². The number of aliphatic hydroxyl groups is 1. The van der Waals surface area contributed by atoms with Gasteiger partial charge in [0.05, 0.1) is 18.1 Å². The Morgan fingerprint density at radius 3 is 2.87 bits per heavy atom. The normalized spacial score (nSPS) is 20.3. The maximum Gasteiger partial charge on any atom is 0.257 e. The second kappa shape index (κ2) is 7.04. The molecule has 1 aliphatic heterocycles. The van der Waals surface area contributed by atoms with Gasteiger partial charge in [0.1, 0.15) is 17.6 Å². The van der Waals surface area contributed by atoms with Gasteiger partial charge in [-0.25, -0.2) is 0 Å². The third-order valence-corrected chi connectivity index (χ3v) is 4.59. The average Bonchev–Trinajstić information content (AvgIpc) is 3.16. The summed E-state index contributed by atoms with van der Waals surface area (Å²) >= 11 is 0. The van der Waals surface area contributed by atoms with E-state index in [1.165, 1.54) is 0 Å². The van der Waals surface area contributed by atoms with E-state index in [-0.39, 0.29) is 11.9 Å². The lowest BCUT2D eigenvalue weighted by atomic mass is 10.0. The van der Waals surface area contributed by atoms with Gasteiger partial charge in [0.15, 0.2) is 0 Å². The van der Waals surface area contributed by atoms with Crippen LogP contribution >= 0.6 is 0 Å². The van der Waals surface area contributed by atoms with Gasteiger partial charge in [0, 0.05) is 19.0 Å². The Morgan fingerprint density at radius 1 is 1.30 bits per heavy atom. The fourth-order valence-electron chi connectivity index (χ4n) is 3.31. The smallest absolute Gasteiger partial charge is 0.257 e. The van der Waals surface area contributed by atoms with Gasteiger partial charge in [-0.2, -0.15) is 0 Å². The van der Waals surface area contributed by atoms with E-state index < -0.39 is 6.10 Å². The number of furan rings is 2. The molecule has 3 heterocycles. The summed E-state index contributed by atoms with van der Waals surface area (Å²) in [6, 6.07) is 5.28. The van der Waals surface area contributed by atoms with Crippen LogP contribution in [-0.4, -0.2) is 28.5 Å². The molecule has 3 rings (SSSR count). The SMILES string of the molecule is Cc1occc1C(=O)N1CCCCCC1CC(O)c1ccco1. The average molecular weight is 317 g/mol. The van der Waals surface area contributed by atoms with Crippen molar-refractivity contribution in [3.8, 4) is 0 Å². The first kappa shape index (κ1) is 15.9. The molecule has 0 radical (unpaired) electrons. The second-order valence-corrected chi connectivity index (χ2v) is 6.16.